The second kappa shape index (κ2) is 37.9. The summed E-state index contributed by atoms with van der Waals surface area (Å²) >= 11 is 0. The molecule has 1 aliphatic heterocycles. The van der Waals surface area contributed by atoms with Gasteiger partial charge in [-0.2, -0.15) is 0 Å². The van der Waals surface area contributed by atoms with Crippen molar-refractivity contribution in [2.45, 2.75) is 245 Å². The molecular weight excluding hydrogens is 671 g/mol. The molecule has 1 fully saturated rings. The highest BCUT2D eigenvalue weighted by Gasteiger charge is 2.35. The maximum atomic E-state index is 13.0. The number of carbonyl (C=O) groups is 1. The summed E-state index contributed by atoms with van der Waals surface area (Å²) in [6, 6.07) is 0. The normalized spacial score (nSPS) is 18.5. The highest BCUT2D eigenvalue weighted by molar-refractivity contribution is 5.72. The van der Waals surface area contributed by atoms with Gasteiger partial charge in [0.25, 0.3) is 0 Å². The SMILES string of the molecule is CCCCCCCCC(CCCCCC)C(=O)OCCCCC(O)CN(CCCCO)CCCCCC1OCC(CCCCCC)C1CCCCCCC. The van der Waals surface area contributed by atoms with Crippen LogP contribution in [0.2, 0.25) is 0 Å². The van der Waals surface area contributed by atoms with E-state index in [1.165, 1.54) is 141 Å². The van der Waals surface area contributed by atoms with Crippen LogP contribution in [0, 0.1) is 17.8 Å². The van der Waals surface area contributed by atoms with Gasteiger partial charge in [0.15, 0.2) is 0 Å². The van der Waals surface area contributed by atoms with E-state index in [1.807, 2.05) is 0 Å². The van der Waals surface area contributed by atoms with Crippen LogP contribution < -0.4 is 0 Å². The Bertz CT molecular complexity index is 795. The first kappa shape index (κ1) is 51.3. The maximum Gasteiger partial charge on any atom is 0.308 e. The number of unbranched alkanes of at least 4 members (excludes halogenated alkanes) is 19. The number of carbonyl (C=O) groups excluding carboxylic acids is 1. The van der Waals surface area contributed by atoms with Gasteiger partial charge >= 0.3 is 5.97 Å². The van der Waals surface area contributed by atoms with Gasteiger partial charge in [0, 0.05) is 13.2 Å². The van der Waals surface area contributed by atoms with Gasteiger partial charge in [-0.3, -0.25) is 4.79 Å². The quantitative estimate of drug-likeness (QED) is 0.0477. The molecule has 0 bridgehead atoms. The van der Waals surface area contributed by atoms with E-state index < -0.39 is 0 Å². The second-order valence-electron chi connectivity index (χ2n) is 17.3. The van der Waals surface area contributed by atoms with Crippen LogP contribution in [0.1, 0.15) is 233 Å². The van der Waals surface area contributed by atoms with Crippen molar-refractivity contribution in [1.82, 2.24) is 4.90 Å². The van der Waals surface area contributed by atoms with Crippen LogP contribution in [0.3, 0.4) is 0 Å². The van der Waals surface area contributed by atoms with Crippen molar-refractivity contribution in [1.29, 1.82) is 0 Å². The lowest BCUT2D eigenvalue weighted by molar-refractivity contribution is -0.149. The molecular formula is C48H95NO5. The third-order valence-corrected chi connectivity index (χ3v) is 12.3. The van der Waals surface area contributed by atoms with Gasteiger partial charge in [0.1, 0.15) is 0 Å². The zero-order valence-corrected chi connectivity index (χ0v) is 36.8. The van der Waals surface area contributed by atoms with Crippen molar-refractivity contribution < 1.29 is 24.5 Å². The average molecular weight is 766 g/mol. The fraction of sp³-hybridized carbons (Fsp3) is 0.979. The minimum absolute atomic E-state index is 0.00955. The summed E-state index contributed by atoms with van der Waals surface area (Å²) in [6.45, 7) is 13.4. The van der Waals surface area contributed by atoms with Crippen LogP contribution in [0.25, 0.3) is 0 Å². The minimum Gasteiger partial charge on any atom is -0.465 e. The maximum absolute atomic E-state index is 13.0. The number of hydrogen-bond donors (Lipinski definition) is 2. The number of nitrogens with zero attached hydrogens (tertiary/aromatic N) is 1. The zero-order chi connectivity index (χ0) is 39.3. The molecule has 0 aromatic carbocycles. The molecule has 1 aliphatic rings. The molecule has 5 unspecified atom stereocenters. The van der Waals surface area contributed by atoms with E-state index in [9.17, 15) is 15.0 Å². The summed E-state index contributed by atoms with van der Waals surface area (Å²) in [5.74, 6) is 1.58. The van der Waals surface area contributed by atoms with Crippen LogP contribution in [0.5, 0.6) is 0 Å². The van der Waals surface area contributed by atoms with E-state index in [0.717, 1.165) is 95.7 Å². The highest BCUT2D eigenvalue weighted by Crippen LogP contribution is 2.37. The van der Waals surface area contributed by atoms with Crippen LogP contribution in [-0.4, -0.2) is 72.7 Å². The third kappa shape index (κ3) is 27.8. The van der Waals surface area contributed by atoms with Gasteiger partial charge < -0.3 is 24.6 Å². The Morgan fingerprint density at radius 2 is 1.11 bits per heavy atom. The average Bonchev–Trinajstić information content (AvgIpc) is 3.55. The fourth-order valence-corrected chi connectivity index (χ4v) is 8.76. The largest absolute Gasteiger partial charge is 0.465 e. The first-order valence-corrected chi connectivity index (χ1v) is 24.3. The Labute approximate surface area is 337 Å². The van der Waals surface area contributed by atoms with Gasteiger partial charge in [-0.15, -0.1) is 0 Å². The Hall–Kier alpha value is -0.690. The molecule has 0 aromatic heterocycles. The molecule has 322 valence electrons. The molecule has 54 heavy (non-hydrogen) atoms. The number of esters is 1. The van der Waals surface area contributed by atoms with E-state index in [4.69, 9.17) is 9.47 Å². The first-order chi connectivity index (χ1) is 26.5. The van der Waals surface area contributed by atoms with E-state index in [2.05, 4.69) is 32.6 Å². The molecule has 5 atom stereocenters. The molecule has 0 aliphatic carbocycles. The Morgan fingerprint density at radius 1 is 0.611 bits per heavy atom. The van der Waals surface area contributed by atoms with E-state index in [1.54, 1.807) is 0 Å². The molecule has 0 aromatic rings. The molecule has 6 heteroatoms. The number of ether oxygens (including phenoxy) is 2. The third-order valence-electron chi connectivity index (χ3n) is 12.3. The summed E-state index contributed by atoms with van der Waals surface area (Å²) in [5.41, 5.74) is 0. The number of hydrogen-bond acceptors (Lipinski definition) is 6. The molecule has 0 spiro atoms. The van der Waals surface area contributed by atoms with Crippen molar-refractivity contribution in [2.75, 3.05) is 39.5 Å². The van der Waals surface area contributed by atoms with Crippen LogP contribution in [0.4, 0.5) is 0 Å². The molecule has 2 N–H and O–H groups in total. The Kier molecular flexibility index (Phi) is 36.0. The summed E-state index contributed by atoms with van der Waals surface area (Å²) in [4.78, 5) is 15.4. The Balaban J connectivity index is 2.43. The lowest BCUT2D eigenvalue weighted by atomic mass is 9.81. The van der Waals surface area contributed by atoms with Crippen molar-refractivity contribution in [2.24, 2.45) is 17.8 Å². The second-order valence-corrected chi connectivity index (χ2v) is 17.3. The topological polar surface area (TPSA) is 79.2 Å². The van der Waals surface area contributed by atoms with Gasteiger partial charge in [-0.1, -0.05) is 163 Å². The number of aliphatic hydroxyl groups excluding tert-OH is 2. The van der Waals surface area contributed by atoms with Gasteiger partial charge in [0.05, 0.1) is 31.3 Å². The van der Waals surface area contributed by atoms with E-state index >= 15 is 0 Å². The summed E-state index contributed by atoms with van der Waals surface area (Å²) < 4.78 is 12.3. The summed E-state index contributed by atoms with van der Waals surface area (Å²) in [7, 11) is 0. The van der Waals surface area contributed by atoms with Crippen molar-refractivity contribution in [3.63, 3.8) is 0 Å². The number of rotatable bonds is 41. The smallest absolute Gasteiger partial charge is 0.308 e. The standard InChI is InChI=1S/C48H95NO5/c1-5-9-13-17-19-23-32-43(31-21-15-11-7-3)48(52)53-40-30-26-34-45(51)41-49(38-28-29-39-50)37-27-20-25-36-47-46(35-24-18-14-10-6-2)44(42-54-47)33-22-16-12-8-4/h43-47,50-51H,5-42H2,1-4H3. The highest BCUT2D eigenvalue weighted by atomic mass is 16.5. The molecule has 1 rings (SSSR count). The monoisotopic (exact) mass is 766 g/mol. The van der Waals surface area contributed by atoms with Crippen LogP contribution in [-0.2, 0) is 14.3 Å². The van der Waals surface area contributed by atoms with Gasteiger partial charge in [-0.25, -0.2) is 0 Å². The molecule has 1 heterocycles. The predicted octanol–water partition coefficient (Wildman–Crippen LogP) is 13.0. The van der Waals surface area contributed by atoms with E-state index in [-0.39, 0.29) is 24.6 Å². The van der Waals surface area contributed by atoms with Crippen LogP contribution >= 0.6 is 0 Å². The lowest BCUT2D eigenvalue weighted by Crippen LogP contribution is -2.34. The van der Waals surface area contributed by atoms with Crippen molar-refractivity contribution in [3.8, 4) is 0 Å². The van der Waals surface area contributed by atoms with Gasteiger partial charge in [0.2, 0.25) is 0 Å². The van der Waals surface area contributed by atoms with Crippen molar-refractivity contribution >= 4 is 5.97 Å². The van der Waals surface area contributed by atoms with Crippen molar-refractivity contribution in [3.05, 3.63) is 0 Å². The number of aliphatic hydroxyl groups is 2. The predicted molar refractivity (Wildman–Crippen MR) is 231 cm³/mol. The molecule has 1 saturated heterocycles. The molecule has 0 radical (unpaired) electrons. The fourth-order valence-electron chi connectivity index (χ4n) is 8.76. The molecule has 0 amide bonds. The lowest BCUT2D eigenvalue weighted by Gasteiger charge is -2.26. The minimum atomic E-state index is -0.368. The summed E-state index contributed by atoms with van der Waals surface area (Å²) in [5, 5.41) is 20.4. The Morgan fingerprint density at radius 3 is 1.76 bits per heavy atom. The van der Waals surface area contributed by atoms with E-state index in [0.29, 0.717) is 19.3 Å². The summed E-state index contributed by atoms with van der Waals surface area (Å²) in [6.07, 6.45) is 38.2. The zero-order valence-electron chi connectivity index (χ0n) is 36.8. The van der Waals surface area contributed by atoms with Crippen LogP contribution in [0.15, 0.2) is 0 Å². The molecule has 0 saturated carbocycles. The van der Waals surface area contributed by atoms with Gasteiger partial charge in [-0.05, 0) is 95.6 Å². The molecule has 6 nitrogen and oxygen atoms in total. The first-order valence-electron chi connectivity index (χ1n) is 24.3.